The molecule has 0 atom stereocenters. The molecule has 84 valence electrons. The summed E-state index contributed by atoms with van der Waals surface area (Å²) in [4.78, 5) is 3.85. The molecule has 0 saturated heterocycles. The third-order valence-corrected chi connectivity index (χ3v) is 3.08. The molecule has 14 heavy (non-hydrogen) atoms. The third-order valence-electron chi connectivity index (χ3n) is 1.04. The van der Waals surface area contributed by atoms with Gasteiger partial charge in [0.2, 0.25) is 0 Å². The number of aliphatic imine (C=N–C) groups is 1. The van der Waals surface area contributed by atoms with Crippen molar-refractivity contribution in [3.8, 4) is 0 Å². The van der Waals surface area contributed by atoms with E-state index in [1.54, 1.807) is 0 Å². The molecule has 0 aliphatic carbocycles. The van der Waals surface area contributed by atoms with E-state index >= 15 is 0 Å². The van der Waals surface area contributed by atoms with Crippen LogP contribution < -0.4 is 11.1 Å². The van der Waals surface area contributed by atoms with Crippen molar-refractivity contribution >= 4 is 25.9 Å². The van der Waals surface area contributed by atoms with Crippen LogP contribution in [0.4, 0.5) is 0 Å². The number of nitrogens with two attached hydrogens (primary N) is 1. The van der Waals surface area contributed by atoms with Crippen molar-refractivity contribution in [3.63, 3.8) is 0 Å². The zero-order valence-electron chi connectivity index (χ0n) is 8.10. The maximum atomic E-state index is 10.3. The lowest BCUT2D eigenvalue weighted by Gasteiger charge is -2.07. The van der Waals surface area contributed by atoms with E-state index in [0.29, 0.717) is 10.8 Å². The van der Waals surface area contributed by atoms with Crippen LogP contribution in [0.5, 0.6) is 0 Å². The molecule has 0 saturated carbocycles. The van der Waals surface area contributed by atoms with Gasteiger partial charge in [0.25, 0.3) is 0 Å². The molecule has 0 aromatic carbocycles. The van der Waals surface area contributed by atoms with Crippen LogP contribution in [0.25, 0.3) is 0 Å². The lowest BCUT2D eigenvalue weighted by Crippen LogP contribution is -2.36. The van der Waals surface area contributed by atoms with Crippen LogP contribution in [0.3, 0.4) is 0 Å². The first-order valence-electron chi connectivity index (χ1n) is 3.99. The topological polar surface area (TPSA) is 105 Å². The number of rotatable bonds is 5. The fourth-order valence-corrected chi connectivity index (χ4v) is 1.88. The molecule has 0 rings (SSSR count). The summed E-state index contributed by atoms with van der Waals surface area (Å²) in [5.41, 5.74) is 5.44. The Morgan fingerprint density at radius 1 is 1.64 bits per heavy atom. The van der Waals surface area contributed by atoms with Gasteiger partial charge in [0.15, 0.2) is 5.96 Å². The SMILES string of the molecule is CC(C)NC(N)=NCCSS(=O)(=O)O. The van der Waals surface area contributed by atoms with Crippen LogP contribution in [0, 0.1) is 0 Å². The Balaban J connectivity index is 3.72. The average molecular weight is 241 g/mol. The van der Waals surface area contributed by atoms with Crippen molar-refractivity contribution in [1.82, 2.24) is 5.32 Å². The van der Waals surface area contributed by atoms with Gasteiger partial charge < -0.3 is 11.1 Å². The van der Waals surface area contributed by atoms with Gasteiger partial charge in [0.1, 0.15) is 0 Å². The smallest absolute Gasteiger partial charge is 0.319 e. The van der Waals surface area contributed by atoms with Gasteiger partial charge in [-0.2, -0.15) is 8.42 Å². The minimum absolute atomic E-state index is 0.180. The Kier molecular flexibility index (Phi) is 5.89. The van der Waals surface area contributed by atoms with Gasteiger partial charge in [-0.05, 0) is 24.6 Å². The molecule has 8 heteroatoms. The van der Waals surface area contributed by atoms with Crippen molar-refractivity contribution < 1.29 is 13.0 Å². The van der Waals surface area contributed by atoms with E-state index in [9.17, 15) is 8.42 Å². The minimum Gasteiger partial charge on any atom is -0.370 e. The molecule has 0 unspecified atom stereocenters. The van der Waals surface area contributed by atoms with Gasteiger partial charge in [-0.15, -0.1) is 0 Å². The molecular weight excluding hydrogens is 226 g/mol. The molecule has 0 spiro atoms. The molecule has 0 radical (unpaired) electrons. The molecule has 0 aliphatic heterocycles. The van der Waals surface area contributed by atoms with Crippen LogP contribution in [0.15, 0.2) is 4.99 Å². The highest BCUT2D eigenvalue weighted by Gasteiger charge is 2.03. The first kappa shape index (κ1) is 13.5. The van der Waals surface area contributed by atoms with Crippen molar-refractivity contribution in [2.24, 2.45) is 10.7 Å². The van der Waals surface area contributed by atoms with Crippen molar-refractivity contribution in [2.45, 2.75) is 19.9 Å². The van der Waals surface area contributed by atoms with E-state index < -0.39 is 9.15 Å². The third kappa shape index (κ3) is 9.62. The van der Waals surface area contributed by atoms with Gasteiger partial charge in [-0.3, -0.25) is 9.55 Å². The fourth-order valence-electron chi connectivity index (χ4n) is 0.650. The standard InChI is InChI=1S/C6H15N3O3S2/c1-5(2)9-6(7)8-3-4-13-14(10,11)12/h5H,3-4H2,1-2H3,(H3,7,8,9)(H,10,11,12). The molecule has 0 amide bonds. The zero-order valence-corrected chi connectivity index (χ0v) is 9.73. The lowest BCUT2D eigenvalue weighted by atomic mass is 10.4. The second-order valence-electron chi connectivity index (χ2n) is 2.82. The summed E-state index contributed by atoms with van der Waals surface area (Å²) < 4.78 is 28.9. The first-order chi connectivity index (χ1) is 6.31. The average Bonchev–Trinajstić information content (AvgIpc) is 1.95. The van der Waals surface area contributed by atoms with Crippen molar-refractivity contribution in [1.29, 1.82) is 0 Å². The van der Waals surface area contributed by atoms with Crippen LogP contribution in [-0.2, 0) is 9.15 Å². The quantitative estimate of drug-likeness (QED) is 0.203. The second-order valence-corrected chi connectivity index (χ2v) is 6.29. The highest BCUT2D eigenvalue weighted by Crippen LogP contribution is 2.07. The molecule has 0 aromatic rings. The Labute approximate surface area is 87.5 Å². The van der Waals surface area contributed by atoms with Gasteiger partial charge in [0.05, 0.1) is 6.54 Å². The van der Waals surface area contributed by atoms with E-state index in [1.807, 2.05) is 13.8 Å². The summed E-state index contributed by atoms with van der Waals surface area (Å²) in [6.45, 7) is 4.07. The Hall–Kier alpha value is -0.470. The molecule has 0 fully saturated rings. The summed E-state index contributed by atoms with van der Waals surface area (Å²) in [6.07, 6.45) is 0. The summed E-state index contributed by atoms with van der Waals surface area (Å²) in [7, 11) is -3.53. The van der Waals surface area contributed by atoms with Crippen LogP contribution in [0.2, 0.25) is 0 Å². The van der Waals surface area contributed by atoms with Crippen LogP contribution in [-0.4, -0.2) is 37.3 Å². The summed E-state index contributed by atoms with van der Waals surface area (Å²) in [5.74, 6) is 0.454. The fraction of sp³-hybridized carbons (Fsp3) is 0.833. The van der Waals surface area contributed by atoms with Crippen LogP contribution >= 0.6 is 10.8 Å². The van der Waals surface area contributed by atoms with Gasteiger partial charge in [-0.25, -0.2) is 0 Å². The maximum absolute atomic E-state index is 10.3. The van der Waals surface area contributed by atoms with Gasteiger partial charge >= 0.3 is 9.15 Å². The molecule has 0 aromatic heterocycles. The van der Waals surface area contributed by atoms with E-state index in [1.165, 1.54) is 0 Å². The molecular formula is C6H15N3O3S2. The summed E-state index contributed by atoms with van der Waals surface area (Å²) >= 11 is 0. The predicted octanol–water partition coefficient (Wildman–Crippen LogP) is -0.165. The van der Waals surface area contributed by atoms with Crippen LogP contribution in [0.1, 0.15) is 13.8 Å². The van der Waals surface area contributed by atoms with Gasteiger partial charge in [0, 0.05) is 11.8 Å². The lowest BCUT2D eigenvalue weighted by molar-refractivity contribution is 0.503. The summed E-state index contributed by atoms with van der Waals surface area (Å²) in [6, 6.07) is 0.188. The largest absolute Gasteiger partial charge is 0.370 e. The highest BCUT2D eigenvalue weighted by atomic mass is 33.1. The van der Waals surface area contributed by atoms with Gasteiger partial charge in [-0.1, -0.05) is 0 Å². The van der Waals surface area contributed by atoms with E-state index in [4.69, 9.17) is 10.3 Å². The van der Waals surface area contributed by atoms with Crippen molar-refractivity contribution in [3.05, 3.63) is 0 Å². The number of nitrogens with zero attached hydrogens (tertiary/aromatic N) is 1. The second kappa shape index (κ2) is 6.10. The normalized spacial score (nSPS) is 13.3. The maximum Gasteiger partial charge on any atom is 0.319 e. The predicted molar refractivity (Wildman–Crippen MR) is 58.8 cm³/mol. The Bertz CT molecular complexity index is 287. The molecule has 6 nitrogen and oxygen atoms in total. The summed E-state index contributed by atoms with van der Waals surface area (Å²) in [5, 5.41) is 2.85. The van der Waals surface area contributed by atoms with E-state index in [2.05, 4.69) is 10.3 Å². The molecule has 0 heterocycles. The number of guanidine groups is 1. The first-order valence-corrected chi connectivity index (χ1v) is 6.94. The van der Waals surface area contributed by atoms with E-state index in [-0.39, 0.29) is 24.3 Å². The number of hydrogen-bond acceptors (Lipinski definition) is 4. The number of nitrogens with one attached hydrogen (secondary N) is 1. The molecule has 0 bridgehead atoms. The molecule has 0 aliphatic rings. The van der Waals surface area contributed by atoms with Crippen molar-refractivity contribution in [2.75, 3.05) is 12.3 Å². The molecule has 4 N–H and O–H groups in total. The Morgan fingerprint density at radius 2 is 2.21 bits per heavy atom. The zero-order chi connectivity index (χ0) is 11.2. The minimum atomic E-state index is -3.96. The highest BCUT2D eigenvalue weighted by molar-refractivity contribution is 8.69. The Morgan fingerprint density at radius 3 is 2.64 bits per heavy atom. The number of hydrogen-bond donors (Lipinski definition) is 3. The monoisotopic (exact) mass is 241 g/mol. The van der Waals surface area contributed by atoms with E-state index in [0.717, 1.165) is 0 Å².